The van der Waals surface area contributed by atoms with E-state index in [0.29, 0.717) is 23.1 Å². The number of nitrogens with zero attached hydrogens (tertiary/aromatic N) is 1. The van der Waals surface area contributed by atoms with Gasteiger partial charge in [-0.05, 0) is 38.2 Å². The predicted octanol–water partition coefficient (Wildman–Crippen LogP) is 3.95. The fraction of sp³-hybridized carbons (Fsp3) is 0.412. The van der Waals surface area contributed by atoms with Crippen LogP contribution in [0, 0.1) is 19.8 Å². The lowest BCUT2D eigenvalue weighted by Crippen LogP contribution is -2.38. The summed E-state index contributed by atoms with van der Waals surface area (Å²) in [5, 5.41) is 9.82. The highest BCUT2D eigenvalue weighted by atomic mass is 16.5. The van der Waals surface area contributed by atoms with Gasteiger partial charge in [-0.25, -0.2) is 4.79 Å². The fourth-order valence-electron chi connectivity index (χ4n) is 2.86. The van der Waals surface area contributed by atoms with Gasteiger partial charge in [0.25, 0.3) is 0 Å². The van der Waals surface area contributed by atoms with Crippen LogP contribution < -0.4 is 10.6 Å². The molecule has 0 aliphatic heterocycles. The number of carbonyl (C=O) groups is 1. The number of nitrogens with one attached hydrogen (secondary N) is 2. The van der Waals surface area contributed by atoms with Crippen molar-refractivity contribution in [3.63, 3.8) is 0 Å². The van der Waals surface area contributed by atoms with Crippen LogP contribution in [0.2, 0.25) is 0 Å². The molecule has 1 saturated carbocycles. The molecule has 22 heavy (non-hydrogen) atoms. The van der Waals surface area contributed by atoms with Crippen molar-refractivity contribution in [3.8, 4) is 0 Å². The van der Waals surface area contributed by atoms with E-state index in [-0.39, 0.29) is 12.1 Å². The third-order valence-corrected chi connectivity index (χ3v) is 4.34. The Labute approximate surface area is 130 Å². The summed E-state index contributed by atoms with van der Waals surface area (Å²) in [5.74, 6) is 1.13. The van der Waals surface area contributed by atoms with E-state index in [1.807, 2.05) is 25.1 Å². The molecule has 0 spiro atoms. The number of urea groups is 1. The van der Waals surface area contributed by atoms with Gasteiger partial charge in [0.1, 0.15) is 11.4 Å². The Morgan fingerprint density at radius 3 is 2.55 bits per heavy atom. The summed E-state index contributed by atoms with van der Waals surface area (Å²) in [6.45, 7) is 3.60. The Hall–Kier alpha value is -2.30. The molecule has 1 atom stereocenters. The Morgan fingerprint density at radius 1 is 1.27 bits per heavy atom. The summed E-state index contributed by atoms with van der Waals surface area (Å²) in [5.41, 5.74) is 2.49. The molecular formula is C17H21N3O2. The molecule has 2 aromatic rings. The average Bonchev–Trinajstić information content (AvgIpc) is 2.77. The van der Waals surface area contributed by atoms with E-state index < -0.39 is 0 Å². The highest BCUT2D eigenvalue weighted by Crippen LogP contribution is 2.37. The minimum atomic E-state index is -0.213. The molecule has 1 fully saturated rings. The topological polar surface area (TPSA) is 67.2 Å². The maximum atomic E-state index is 12.4. The summed E-state index contributed by atoms with van der Waals surface area (Å²) < 4.78 is 5.07. The number of aryl methyl sites for hydroxylation is 2. The van der Waals surface area contributed by atoms with Crippen molar-refractivity contribution in [2.45, 2.75) is 39.2 Å². The van der Waals surface area contributed by atoms with Gasteiger partial charge in [-0.2, -0.15) is 0 Å². The molecule has 2 N–H and O–H groups in total. The Kier molecular flexibility index (Phi) is 4.13. The Bertz CT molecular complexity index is 628. The van der Waals surface area contributed by atoms with Crippen LogP contribution in [0.5, 0.6) is 0 Å². The van der Waals surface area contributed by atoms with E-state index in [1.165, 1.54) is 6.42 Å². The first-order valence-corrected chi connectivity index (χ1v) is 7.70. The molecule has 0 saturated heterocycles. The number of hydrogen-bond acceptors (Lipinski definition) is 3. The van der Waals surface area contributed by atoms with E-state index >= 15 is 0 Å². The summed E-state index contributed by atoms with van der Waals surface area (Å²) in [7, 11) is 0. The minimum Gasteiger partial charge on any atom is -0.359 e. The number of anilines is 1. The lowest BCUT2D eigenvalue weighted by atomic mass is 9.77. The standard InChI is InChI=1S/C17H21N3O2/c1-11-15(12(2)22-20-11)18-17(21)19-16(14-9-6-10-14)13-7-4-3-5-8-13/h3-5,7-8,14,16H,6,9-10H2,1-2H3,(H2,18,19,21)/t16-/m0/s1. The lowest BCUT2D eigenvalue weighted by Gasteiger charge is -2.34. The molecule has 1 aliphatic rings. The molecule has 0 bridgehead atoms. The predicted molar refractivity (Wildman–Crippen MR) is 84.7 cm³/mol. The second-order valence-corrected chi connectivity index (χ2v) is 5.88. The van der Waals surface area contributed by atoms with Crippen molar-refractivity contribution in [1.82, 2.24) is 10.5 Å². The van der Waals surface area contributed by atoms with Gasteiger partial charge in [-0.3, -0.25) is 0 Å². The number of rotatable bonds is 4. The van der Waals surface area contributed by atoms with Gasteiger partial charge >= 0.3 is 6.03 Å². The van der Waals surface area contributed by atoms with Crippen LogP contribution in [0.4, 0.5) is 10.5 Å². The Morgan fingerprint density at radius 2 is 2.00 bits per heavy atom. The SMILES string of the molecule is Cc1noc(C)c1NC(=O)N[C@@H](c1ccccc1)C1CCC1. The molecule has 5 heteroatoms. The monoisotopic (exact) mass is 299 g/mol. The first kappa shape index (κ1) is 14.6. The number of benzene rings is 1. The third-order valence-electron chi connectivity index (χ3n) is 4.34. The smallest absolute Gasteiger partial charge is 0.319 e. The van der Waals surface area contributed by atoms with E-state index in [1.54, 1.807) is 6.92 Å². The van der Waals surface area contributed by atoms with Gasteiger partial charge < -0.3 is 15.2 Å². The van der Waals surface area contributed by atoms with Gasteiger partial charge in [0, 0.05) is 0 Å². The van der Waals surface area contributed by atoms with E-state index in [4.69, 9.17) is 4.52 Å². The summed E-state index contributed by atoms with van der Waals surface area (Å²) in [6.07, 6.45) is 3.55. The zero-order valence-corrected chi connectivity index (χ0v) is 12.9. The second kappa shape index (κ2) is 6.22. The molecule has 0 radical (unpaired) electrons. The number of aromatic nitrogens is 1. The van der Waals surface area contributed by atoms with Crippen LogP contribution >= 0.6 is 0 Å². The average molecular weight is 299 g/mol. The maximum Gasteiger partial charge on any atom is 0.319 e. The lowest BCUT2D eigenvalue weighted by molar-refractivity contribution is 0.216. The van der Waals surface area contributed by atoms with Crippen molar-refractivity contribution >= 4 is 11.7 Å². The van der Waals surface area contributed by atoms with Crippen molar-refractivity contribution in [3.05, 3.63) is 47.3 Å². The van der Waals surface area contributed by atoms with Crippen LogP contribution in [0.15, 0.2) is 34.9 Å². The molecular weight excluding hydrogens is 278 g/mol. The summed E-state index contributed by atoms with van der Waals surface area (Å²) in [4.78, 5) is 12.4. The third kappa shape index (κ3) is 2.98. The van der Waals surface area contributed by atoms with Gasteiger partial charge in [-0.1, -0.05) is 41.9 Å². The number of hydrogen-bond donors (Lipinski definition) is 2. The molecule has 2 amide bonds. The second-order valence-electron chi connectivity index (χ2n) is 5.88. The van der Waals surface area contributed by atoms with Gasteiger partial charge in [0.05, 0.1) is 6.04 Å². The van der Waals surface area contributed by atoms with Crippen molar-refractivity contribution in [2.24, 2.45) is 5.92 Å². The largest absolute Gasteiger partial charge is 0.359 e. The first-order chi connectivity index (χ1) is 10.6. The van der Waals surface area contributed by atoms with Crippen LogP contribution in [0.1, 0.15) is 42.3 Å². The number of amides is 2. The maximum absolute atomic E-state index is 12.4. The van der Waals surface area contributed by atoms with Crippen molar-refractivity contribution in [1.29, 1.82) is 0 Å². The van der Waals surface area contributed by atoms with Crippen LogP contribution in [-0.2, 0) is 0 Å². The van der Waals surface area contributed by atoms with Gasteiger partial charge in [0.2, 0.25) is 0 Å². The highest BCUT2D eigenvalue weighted by Gasteiger charge is 2.30. The normalized spacial score (nSPS) is 15.9. The van der Waals surface area contributed by atoms with E-state index in [0.717, 1.165) is 18.4 Å². The quantitative estimate of drug-likeness (QED) is 0.898. The van der Waals surface area contributed by atoms with Crippen molar-refractivity contribution < 1.29 is 9.32 Å². The van der Waals surface area contributed by atoms with Crippen LogP contribution in [0.3, 0.4) is 0 Å². The minimum absolute atomic E-state index is 0.0513. The zero-order valence-electron chi connectivity index (χ0n) is 12.9. The Balaban J connectivity index is 1.72. The molecule has 5 nitrogen and oxygen atoms in total. The molecule has 3 rings (SSSR count). The highest BCUT2D eigenvalue weighted by molar-refractivity contribution is 5.90. The first-order valence-electron chi connectivity index (χ1n) is 7.70. The van der Waals surface area contributed by atoms with Gasteiger partial charge in [0.15, 0.2) is 5.76 Å². The number of carbonyl (C=O) groups excluding carboxylic acids is 1. The van der Waals surface area contributed by atoms with E-state index in [2.05, 4.69) is 27.9 Å². The summed E-state index contributed by atoms with van der Waals surface area (Å²) in [6, 6.07) is 9.98. The molecule has 0 unspecified atom stereocenters. The van der Waals surface area contributed by atoms with E-state index in [9.17, 15) is 4.79 Å². The molecule has 1 aromatic carbocycles. The fourth-order valence-corrected chi connectivity index (χ4v) is 2.86. The zero-order chi connectivity index (χ0) is 15.5. The molecule has 1 aliphatic carbocycles. The van der Waals surface area contributed by atoms with Crippen molar-refractivity contribution in [2.75, 3.05) is 5.32 Å². The molecule has 1 heterocycles. The summed E-state index contributed by atoms with van der Waals surface area (Å²) >= 11 is 0. The molecule has 116 valence electrons. The van der Waals surface area contributed by atoms with Crippen LogP contribution in [0.25, 0.3) is 0 Å². The van der Waals surface area contributed by atoms with Crippen LogP contribution in [-0.4, -0.2) is 11.2 Å². The van der Waals surface area contributed by atoms with Gasteiger partial charge in [-0.15, -0.1) is 0 Å². The molecule has 1 aromatic heterocycles.